The van der Waals surface area contributed by atoms with Crippen molar-refractivity contribution in [3.05, 3.63) is 0 Å². The van der Waals surface area contributed by atoms with Gasteiger partial charge in [0.05, 0.1) is 6.61 Å². The van der Waals surface area contributed by atoms with E-state index >= 15 is 0 Å². The molecule has 0 aromatic rings. The zero-order valence-corrected chi connectivity index (χ0v) is 12.1. The number of ketones is 1. The van der Waals surface area contributed by atoms with E-state index in [-0.39, 0.29) is 17.3 Å². The first-order valence-electron chi connectivity index (χ1n) is 7.03. The molecule has 0 radical (unpaired) electrons. The molecule has 1 aliphatic rings. The lowest BCUT2D eigenvalue weighted by molar-refractivity contribution is -0.143. The highest BCUT2D eigenvalue weighted by Gasteiger charge is 2.34. The third kappa shape index (κ3) is 4.43. The third-order valence-corrected chi connectivity index (χ3v) is 3.99. The van der Waals surface area contributed by atoms with Gasteiger partial charge in [0.25, 0.3) is 0 Å². The van der Waals surface area contributed by atoms with Crippen LogP contribution in [0, 0.1) is 17.3 Å². The van der Waals surface area contributed by atoms with Gasteiger partial charge in [-0.15, -0.1) is 0 Å². The largest absolute Gasteiger partial charge is 0.466 e. The normalized spacial score (nSPS) is 25.0. The molecule has 3 heteroatoms. The molecular formula is C15H26O3. The fourth-order valence-corrected chi connectivity index (χ4v) is 2.70. The van der Waals surface area contributed by atoms with Crippen LogP contribution in [0.5, 0.6) is 0 Å². The molecule has 0 unspecified atom stereocenters. The summed E-state index contributed by atoms with van der Waals surface area (Å²) >= 11 is 0. The van der Waals surface area contributed by atoms with Crippen LogP contribution in [-0.2, 0) is 14.3 Å². The van der Waals surface area contributed by atoms with E-state index < -0.39 is 0 Å². The van der Waals surface area contributed by atoms with Crippen molar-refractivity contribution < 1.29 is 14.3 Å². The summed E-state index contributed by atoms with van der Waals surface area (Å²) in [5.41, 5.74) is 0.253. The fraction of sp³-hybridized carbons (Fsp3) is 0.867. The number of rotatable bonds is 4. The molecule has 104 valence electrons. The van der Waals surface area contributed by atoms with E-state index in [2.05, 4.69) is 20.8 Å². The highest BCUT2D eigenvalue weighted by Crippen LogP contribution is 2.40. The van der Waals surface area contributed by atoms with Crippen LogP contribution in [0.15, 0.2) is 0 Å². The Hall–Kier alpha value is -0.860. The van der Waals surface area contributed by atoms with Gasteiger partial charge in [-0.25, -0.2) is 0 Å². The van der Waals surface area contributed by atoms with E-state index in [0.717, 1.165) is 12.8 Å². The van der Waals surface area contributed by atoms with Gasteiger partial charge in [0, 0.05) is 18.8 Å². The Morgan fingerprint density at radius 3 is 2.61 bits per heavy atom. The standard InChI is InChI=1S/C15H26O3/c1-5-18-14(17)9-6-11-10-12(15(2,3)4)7-8-13(11)16/h11-12H,5-10H2,1-4H3/t11-,12-/m1/s1. The van der Waals surface area contributed by atoms with Crippen LogP contribution in [0.2, 0.25) is 0 Å². The van der Waals surface area contributed by atoms with Crippen LogP contribution in [-0.4, -0.2) is 18.4 Å². The third-order valence-electron chi connectivity index (χ3n) is 3.99. The molecule has 18 heavy (non-hydrogen) atoms. The number of ether oxygens (including phenoxy) is 1. The number of Topliss-reactive ketones (excluding diaryl/α,β-unsaturated/α-hetero) is 1. The molecular weight excluding hydrogens is 228 g/mol. The molecule has 0 aliphatic heterocycles. The maximum Gasteiger partial charge on any atom is 0.305 e. The predicted molar refractivity (Wildman–Crippen MR) is 71.2 cm³/mol. The maximum absolute atomic E-state index is 11.9. The number of hydrogen-bond donors (Lipinski definition) is 0. The van der Waals surface area contributed by atoms with Gasteiger partial charge in [-0.05, 0) is 37.5 Å². The lowest BCUT2D eigenvalue weighted by Gasteiger charge is -2.37. The summed E-state index contributed by atoms with van der Waals surface area (Å²) in [6, 6.07) is 0. The van der Waals surface area contributed by atoms with Crippen molar-refractivity contribution in [2.45, 2.75) is 59.8 Å². The Balaban J connectivity index is 2.48. The molecule has 2 atom stereocenters. The van der Waals surface area contributed by atoms with E-state index in [1.165, 1.54) is 0 Å². The summed E-state index contributed by atoms with van der Waals surface area (Å²) in [5.74, 6) is 0.803. The maximum atomic E-state index is 11.9. The Labute approximate surface area is 110 Å². The van der Waals surface area contributed by atoms with Crippen LogP contribution in [0.25, 0.3) is 0 Å². The van der Waals surface area contributed by atoms with Crippen molar-refractivity contribution in [3.8, 4) is 0 Å². The zero-order valence-electron chi connectivity index (χ0n) is 12.1. The summed E-state index contributed by atoms with van der Waals surface area (Å²) in [4.78, 5) is 23.2. The van der Waals surface area contributed by atoms with Crippen molar-refractivity contribution in [1.82, 2.24) is 0 Å². The molecule has 0 N–H and O–H groups in total. The second-order valence-corrected chi connectivity index (χ2v) is 6.34. The van der Waals surface area contributed by atoms with Crippen molar-refractivity contribution >= 4 is 11.8 Å². The minimum Gasteiger partial charge on any atom is -0.466 e. The van der Waals surface area contributed by atoms with Gasteiger partial charge < -0.3 is 4.74 Å². The first-order valence-corrected chi connectivity index (χ1v) is 7.03. The monoisotopic (exact) mass is 254 g/mol. The minimum atomic E-state index is -0.178. The van der Waals surface area contributed by atoms with Gasteiger partial charge in [0.2, 0.25) is 0 Å². The lowest BCUT2D eigenvalue weighted by atomic mass is 9.68. The highest BCUT2D eigenvalue weighted by molar-refractivity contribution is 5.82. The SMILES string of the molecule is CCOC(=O)CC[C@@H]1C[C@H](C(C)(C)C)CCC1=O. The summed E-state index contributed by atoms with van der Waals surface area (Å²) in [5, 5.41) is 0. The van der Waals surface area contributed by atoms with Gasteiger partial charge in [0.1, 0.15) is 5.78 Å². The van der Waals surface area contributed by atoms with Crippen LogP contribution in [0.4, 0.5) is 0 Å². The van der Waals surface area contributed by atoms with E-state index in [0.29, 0.717) is 37.6 Å². The van der Waals surface area contributed by atoms with Crippen LogP contribution in [0.3, 0.4) is 0 Å². The second kappa shape index (κ2) is 6.35. The van der Waals surface area contributed by atoms with Gasteiger partial charge in [-0.2, -0.15) is 0 Å². The quantitative estimate of drug-likeness (QED) is 0.722. The Morgan fingerprint density at radius 2 is 2.06 bits per heavy atom. The first-order chi connectivity index (χ1) is 8.34. The lowest BCUT2D eigenvalue weighted by Crippen LogP contribution is -2.32. The summed E-state index contributed by atoms with van der Waals surface area (Å²) in [6.07, 6.45) is 3.64. The fourth-order valence-electron chi connectivity index (χ4n) is 2.70. The molecule has 0 bridgehead atoms. The van der Waals surface area contributed by atoms with Crippen molar-refractivity contribution in [2.75, 3.05) is 6.61 Å². The molecule has 0 saturated heterocycles. The molecule has 1 saturated carbocycles. The van der Waals surface area contributed by atoms with Gasteiger partial charge >= 0.3 is 5.97 Å². The minimum absolute atomic E-state index is 0.0624. The molecule has 1 rings (SSSR count). The topological polar surface area (TPSA) is 43.4 Å². The zero-order chi connectivity index (χ0) is 13.8. The summed E-state index contributed by atoms with van der Waals surface area (Å²) in [6.45, 7) is 8.92. The molecule has 0 aromatic carbocycles. The van der Waals surface area contributed by atoms with Crippen LogP contribution in [0.1, 0.15) is 59.8 Å². The smallest absolute Gasteiger partial charge is 0.305 e. The molecule has 0 amide bonds. The van der Waals surface area contributed by atoms with E-state index in [1.807, 2.05) is 0 Å². The molecule has 1 fully saturated rings. The van der Waals surface area contributed by atoms with E-state index in [1.54, 1.807) is 6.92 Å². The summed E-state index contributed by atoms with van der Waals surface area (Å²) < 4.78 is 4.91. The molecule has 0 heterocycles. The van der Waals surface area contributed by atoms with Crippen molar-refractivity contribution in [1.29, 1.82) is 0 Å². The molecule has 0 aromatic heterocycles. The molecule has 3 nitrogen and oxygen atoms in total. The number of esters is 1. The molecule has 0 spiro atoms. The van der Waals surface area contributed by atoms with Crippen molar-refractivity contribution in [3.63, 3.8) is 0 Å². The van der Waals surface area contributed by atoms with Crippen LogP contribution >= 0.6 is 0 Å². The Morgan fingerprint density at radius 1 is 1.39 bits per heavy atom. The number of carbonyl (C=O) groups excluding carboxylic acids is 2. The van der Waals surface area contributed by atoms with E-state index in [9.17, 15) is 9.59 Å². The number of carbonyl (C=O) groups is 2. The Bertz CT molecular complexity index is 301. The van der Waals surface area contributed by atoms with Gasteiger partial charge in [0.15, 0.2) is 0 Å². The van der Waals surface area contributed by atoms with E-state index in [4.69, 9.17) is 4.74 Å². The van der Waals surface area contributed by atoms with Crippen molar-refractivity contribution in [2.24, 2.45) is 17.3 Å². The second-order valence-electron chi connectivity index (χ2n) is 6.34. The average Bonchev–Trinajstić information content (AvgIpc) is 2.26. The van der Waals surface area contributed by atoms with Crippen LogP contribution < -0.4 is 0 Å². The highest BCUT2D eigenvalue weighted by atomic mass is 16.5. The molecule has 1 aliphatic carbocycles. The summed E-state index contributed by atoms with van der Waals surface area (Å²) in [7, 11) is 0. The first kappa shape index (κ1) is 15.2. The predicted octanol–water partition coefficient (Wildman–Crippen LogP) is 3.36. The van der Waals surface area contributed by atoms with Gasteiger partial charge in [-0.1, -0.05) is 20.8 Å². The average molecular weight is 254 g/mol. The van der Waals surface area contributed by atoms with Gasteiger partial charge in [-0.3, -0.25) is 9.59 Å². The Kier molecular flexibility index (Phi) is 5.36. The number of hydrogen-bond acceptors (Lipinski definition) is 3.